The predicted molar refractivity (Wildman–Crippen MR) is 129 cm³/mol. The van der Waals surface area contributed by atoms with Gasteiger partial charge >= 0.3 is 0 Å². The predicted octanol–water partition coefficient (Wildman–Crippen LogP) is 3.39. The molecule has 1 aromatic heterocycles. The third-order valence-electron chi connectivity index (χ3n) is 5.61. The summed E-state index contributed by atoms with van der Waals surface area (Å²) in [7, 11) is 0. The van der Waals surface area contributed by atoms with Gasteiger partial charge < -0.3 is 15.5 Å². The van der Waals surface area contributed by atoms with Gasteiger partial charge in [-0.25, -0.2) is 0 Å². The Bertz CT molecular complexity index is 1050. The molecule has 0 spiro atoms. The number of benzene rings is 1. The van der Waals surface area contributed by atoms with E-state index in [1.165, 1.54) is 18.2 Å². The van der Waals surface area contributed by atoms with E-state index in [1.807, 2.05) is 25.1 Å². The van der Waals surface area contributed by atoms with Gasteiger partial charge in [-0.2, -0.15) is 4.99 Å². The lowest BCUT2D eigenvalue weighted by molar-refractivity contribution is -0.121. The number of piperidine rings is 1. The Balaban J connectivity index is 1.31. The van der Waals surface area contributed by atoms with Gasteiger partial charge in [-0.1, -0.05) is 23.9 Å². The second-order valence-electron chi connectivity index (χ2n) is 8.17. The molecule has 2 N–H and O–H groups in total. The molecule has 2 aromatic rings. The third kappa shape index (κ3) is 5.98. The first-order chi connectivity index (χ1) is 16.0. The summed E-state index contributed by atoms with van der Waals surface area (Å²) in [6, 6.07) is 12.0. The molecule has 1 saturated heterocycles. The number of hydrogen-bond acceptors (Lipinski definition) is 6. The molecule has 2 aliphatic rings. The van der Waals surface area contributed by atoms with Crippen molar-refractivity contribution in [2.24, 2.45) is 4.99 Å². The van der Waals surface area contributed by atoms with Crippen molar-refractivity contribution in [3.8, 4) is 0 Å². The summed E-state index contributed by atoms with van der Waals surface area (Å²) in [5, 5.41) is 5.94. The Kier molecular flexibility index (Phi) is 7.39. The zero-order valence-electron chi connectivity index (χ0n) is 18.5. The molecule has 3 amide bonds. The van der Waals surface area contributed by atoms with Gasteiger partial charge in [-0.05, 0) is 56.5 Å². The number of likely N-dealkylation sites (tertiary alicyclic amines) is 1. The van der Waals surface area contributed by atoms with E-state index in [9.17, 15) is 14.4 Å². The molecule has 2 atom stereocenters. The van der Waals surface area contributed by atoms with Gasteiger partial charge in [0.1, 0.15) is 5.25 Å². The minimum absolute atomic E-state index is 0.0392. The third-order valence-corrected chi connectivity index (χ3v) is 6.83. The Labute approximate surface area is 197 Å². The van der Waals surface area contributed by atoms with E-state index in [1.54, 1.807) is 30.5 Å². The zero-order valence-corrected chi connectivity index (χ0v) is 19.3. The highest BCUT2D eigenvalue weighted by Crippen LogP contribution is 2.29. The van der Waals surface area contributed by atoms with Gasteiger partial charge in [0.15, 0.2) is 5.17 Å². The molecule has 0 aliphatic carbocycles. The summed E-state index contributed by atoms with van der Waals surface area (Å²) in [4.78, 5) is 48.1. The summed E-state index contributed by atoms with van der Waals surface area (Å²) in [6.45, 7) is 3.68. The number of aliphatic imine (C=N–C) groups is 1. The maximum Gasteiger partial charge on any atom is 0.262 e. The molecule has 4 rings (SSSR count). The van der Waals surface area contributed by atoms with Crippen LogP contribution in [0.25, 0.3) is 0 Å². The number of nitrogens with one attached hydrogen (secondary N) is 2. The van der Waals surface area contributed by atoms with E-state index in [4.69, 9.17) is 0 Å². The lowest BCUT2D eigenvalue weighted by Gasteiger charge is -2.27. The van der Waals surface area contributed by atoms with E-state index in [2.05, 4.69) is 25.5 Å². The summed E-state index contributed by atoms with van der Waals surface area (Å²) in [5.74, 6) is -0.798. The first kappa shape index (κ1) is 23.0. The van der Waals surface area contributed by atoms with Crippen LogP contribution in [-0.4, -0.2) is 51.1 Å². The molecule has 3 heterocycles. The van der Waals surface area contributed by atoms with Gasteiger partial charge in [-0.3, -0.25) is 19.4 Å². The maximum absolute atomic E-state index is 12.7. The topological polar surface area (TPSA) is 104 Å². The van der Waals surface area contributed by atoms with Crippen LogP contribution in [-0.2, 0) is 9.59 Å². The van der Waals surface area contributed by atoms with Gasteiger partial charge in [0.25, 0.3) is 11.8 Å². The van der Waals surface area contributed by atoms with Gasteiger partial charge in [-0.15, -0.1) is 0 Å². The molecule has 33 heavy (non-hydrogen) atoms. The molecule has 1 fully saturated rings. The first-order valence-corrected chi connectivity index (χ1v) is 12.0. The van der Waals surface area contributed by atoms with Crippen LogP contribution >= 0.6 is 11.8 Å². The van der Waals surface area contributed by atoms with Gasteiger partial charge in [0.2, 0.25) is 5.91 Å². The average molecular weight is 466 g/mol. The molecule has 2 unspecified atom stereocenters. The monoisotopic (exact) mass is 465 g/mol. The van der Waals surface area contributed by atoms with Crippen LogP contribution in [0.4, 0.5) is 5.69 Å². The lowest BCUT2D eigenvalue weighted by atomic mass is 10.1. The zero-order chi connectivity index (χ0) is 23.2. The molecular weight excluding hydrogens is 438 g/mol. The number of amidine groups is 1. The van der Waals surface area contributed by atoms with Crippen LogP contribution in [0.1, 0.15) is 54.7 Å². The van der Waals surface area contributed by atoms with E-state index in [0.29, 0.717) is 11.3 Å². The fourth-order valence-electron chi connectivity index (χ4n) is 3.83. The van der Waals surface area contributed by atoms with Crippen molar-refractivity contribution in [2.45, 2.75) is 43.9 Å². The Morgan fingerprint density at radius 3 is 2.73 bits per heavy atom. The summed E-state index contributed by atoms with van der Waals surface area (Å²) < 4.78 is 0. The van der Waals surface area contributed by atoms with Crippen molar-refractivity contribution in [1.29, 1.82) is 0 Å². The summed E-state index contributed by atoms with van der Waals surface area (Å²) >= 11 is 1.37. The van der Waals surface area contributed by atoms with E-state index in [0.717, 1.165) is 36.8 Å². The van der Waals surface area contributed by atoms with Gasteiger partial charge in [0, 0.05) is 37.0 Å². The second-order valence-corrected chi connectivity index (χ2v) is 9.34. The van der Waals surface area contributed by atoms with Crippen molar-refractivity contribution in [3.63, 3.8) is 0 Å². The summed E-state index contributed by atoms with van der Waals surface area (Å²) in [5.41, 5.74) is 1.70. The quantitative estimate of drug-likeness (QED) is 0.678. The number of pyridine rings is 1. The molecule has 0 bridgehead atoms. The largest absolute Gasteiger partial charge is 0.351 e. The van der Waals surface area contributed by atoms with Crippen molar-refractivity contribution in [1.82, 2.24) is 15.2 Å². The Hall–Kier alpha value is -3.20. The maximum atomic E-state index is 12.7. The molecule has 8 nitrogen and oxygen atoms in total. The van der Waals surface area contributed by atoms with E-state index < -0.39 is 5.25 Å². The van der Waals surface area contributed by atoms with Crippen LogP contribution in [0.5, 0.6) is 0 Å². The standard InChI is InChI=1S/C24H27N5O3S/c1-16(19-10-3-4-11-25-19)26-22(31)17-8-7-9-18(14-17)27-21(30)15-20-23(32)28-24(33-20)29-12-5-2-6-13-29/h3-4,7-11,14,16,20H,2,5-6,12-13,15H2,1H3,(H,26,31)(H,27,30). The highest BCUT2D eigenvalue weighted by Gasteiger charge is 2.33. The van der Waals surface area contributed by atoms with Crippen LogP contribution < -0.4 is 10.6 Å². The molecule has 172 valence electrons. The highest BCUT2D eigenvalue weighted by atomic mass is 32.2. The number of carbonyl (C=O) groups excluding carboxylic acids is 3. The minimum atomic E-state index is -0.507. The van der Waals surface area contributed by atoms with Crippen molar-refractivity contribution in [2.75, 3.05) is 18.4 Å². The van der Waals surface area contributed by atoms with Gasteiger partial charge in [0.05, 0.1) is 11.7 Å². The van der Waals surface area contributed by atoms with E-state index >= 15 is 0 Å². The number of anilines is 1. The molecule has 0 saturated carbocycles. The van der Waals surface area contributed by atoms with Crippen LogP contribution in [0.15, 0.2) is 53.7 Å². The number of amides is 3. The highest BCUT2D eigenvalue weighted by molar-refractivity contribution is 8.15. The Morgan fingerprint density at radius 2 is 1.97 bits per heavy atom. The first-order valence-electron chi connectivity index (χ1n) is 11.2. The number of carbonyl (C=O) groups is 3. The second kappa shape index (κ2) is 10.6. The lowest BCUT2D eigenvalue weighted by Crippen LogP contribution is -2.33. The van der Waals surface area contributed by atoms with Crippen LogP contribution in [0, 0.1) is 0 Å². The van der Waals surface area contributed by atoms with Crippen LogP contribution in [0.2, 0.25) is 0 Å². The summed E-state index contributed by atoms with van der Waals surface area (Å²) in [6.07, 6.45) is 5.12. The minimum Gasteiger partial charge on any atom is -0.351 e. The van der Waals surface area contributed by atoms with E-state index in [-0.39, 0.29) is 30.2 Å². The smallest absolute Gasteiger partial charge is 0.262 e. The molecule has 9 heteroatoms. The Morgan fingerprint density at radius 1 is 1.15 bits per heavy atom. The fourth-order valence-corrected chi connectivity index (χ4v) is 4.95. The number of hydrogen-bond donors (Lipinski definition) is 2. The average Bonchev–Trinajstić information content (AvgIpc) is 3.20. The number of thioether (sulfide) groups is 1. The van der Waals surface area contributed by atoms with Crippen LogP contribution in [0.3, 0.4) is 0 Å². The molecular formula is C24H27N5O3S. The molecule has 0 radical (unpaired) electrons. The number of aromatic nitrogens is 1. The fraction of sp³-hybridized carbons (Fsp3) is 0.375. The normalized spacial score (nSPS) is 19.1. The van der Waals surface area contributed by atoms with Crippen molar-refractivity contribution < 1.29 is 14.4 Å². The number of nitrogens with zero attached hydrogens (tertiary/aromatic N) is 3. The molecule has 2 aliphatic heterocycles. The SMILES string of the molecule is CC(NC(=O)c1cccc(NC(=O)CC2SC(N3CCCCC3)=NC2=O)c1)c1ccccn1. The van der Waals surface area contributed by atoms with Crippen molar-refractivity contribution >= 4 is 40.3 Å². The van der Waals surface area contributed by atoms with Crippen molar-refractivity contribution in [3.05, 3.63) is 59.9 Å². The number of rotatable bonds is 6. The molecule has 1 aromatic carbocycles.